The van der Waals surface area contributed by atoms with Crippen molar-refractivity contribution in [1.29, 1.82) is 0 Å². The number of nitrogens with two attached hydrogens (primary N) is 1. The van der Waals surface area contributed by atoms with Crippen molar-refractivity contribution in [2.45, 2.75) is 31.7 Å². The van der Waals surface area contributed by atoms with Gasteiger partial charge in [-0.25, -0.2) is 0 Å². The molecule has 1 aromatic carbocycles. The number of hydrogen-bond acceptors (Lipinski definition) is 7. The van der Waals surface area contributed by atoms with Crippen LogP contribution in [0.2, 0.25) is 0 Å². The maximum Gasteiger partial charge on any atom is 0.258 e. The van der Waals surface area contributed by atoms with E-state index in [9.17, 15) is 24.0 Å². The molecule has 0 bridgehead atoms. The summed E-state index contributed by atoms with van der Waals surface area (Å²) in [7, 11) is 1.41. The van der Waals surface area contributed by atoms with E-state index >= 15 is 0 Å². The predicted octanol–water partition coefficient (Wildman–Crippen LogP) is -0.390. The highest BCUT2D eigenvalue weighted by Gasteiger charge is 2.34. The molecule has 4 amide bonds. The minimum Gasteiger partial charge on any atom is -0.483 e. The first kappa shape index (κ1) is 23.0. The molecule has 1 fully saturated rings. The summed E-state index contributed by atoms with van der Waals surface area (Å²) >= 11 is 0. The average Bonchev–Trinajstić information content (AvgIpc) is 2.74. The second-order valence-electron chi connectivity index (χ2n) is 6.86. The molecule has 1 aromatic rings. The minimum absolute atomic E-state index is 0.0457. The van der Waals surface area contributed by atoms with E-state index in [1.165, 1.54) is 30.1 Å². The molecule has 10 nitrogen and oxygen atoms in total. The van der Waals surface area contributed by atoms with Gasteiger partial charge in [-0.2, -0.15) is 0 Å². The summed E-state index contributed by atoms with van der Waals surface area (Å²) < 4.78 is 5.50. The van der Waals surface area contributed by atoms with Gasteiger partial charge in [0.05, 0.1) is 5.56 Å². The third-order valence-electron chi connectivity index (χ3n) is 4.71. The number of nitrogens with one attached hydrogen (secondary N) is 2. The number of hydrogen-bond donors (Lipinski definition) is 3. The van der Waals surface area contributed by atoms with Crippen molar-refractivity contribution in [1.82, 2.24) is 15.5 Å². The lowest BCUT2D eigenvalue weighted by atomic mass is 10.0. The van der Waals surface area contributed by atoms with Crippen molar-refractivity contribution in [3.63, 3.8) is 0 Å². The van der Waals surface area contributed by atoms with E-state index in [1.807, 2.05) is 0 Å². The van der Waals surface area contributed by atoms with Crippen LogP contribution >= 0.6 is 0 Å². The Morgan fingerprint density at radius 2 is 2.10 bits per heavy atom. The fourth-order valence-electron chi connectivity index (χ4n) is 3.06. The quantitative estimate of drug-likeness (QED) is 0.266. The van der Waals surface area contributed by atoms with Gasteiger partial charge in [-0.05, 0) is 31.9 Å². The summed E-state index contributed by atoms with van der Waals surface area (Å²) in [4.78, 5) is 61.1. The second kappa shape index (κ2) is 11.1. The van der Waals surface area contributed by atoms with Crippen molar-refractivity contribution in [2.75, 3.05) is 26.7 Å². The summed E-state index contributed by atoms with van der Waals surface area (Å²) in [5.74, 6) is -1.91. The number of likely N-dealkylation sites (N-methyl/N-ethyl adjacent to an activating group) is 1. The van der Waals surface area contributed by atoms with E-state index in [0.29, 0.717) is 19.4 Å². The molecule has 30 heavy (non-hydrogen) atoms. The normalized spacial score (nSPS) is 15.9. The summed E-state index contributed by atoms with van der Waals surface area (Å²) in [6.45, 7) is 0.655. The lowest BCUT2D eigenvalue weighted by molar-refractivity contribution is -0.136. The van der Waals surface area contributed by atoms with E-state index in [4.69, 9.17) is 10.5 Å². The molecule has 4 N–H and O–H groups in total. The summed E-state index contributed by atoms with van der Waals surface area (Å²) in [6, 6.07) is 3.59. The Morgan fingerprint density at radius 1 is 1.33 bits per heavy atom. The van der Waals surface area contributed by atoms with Gasteiger partial charge < -0.3 is 20.7 Å². The SMILES string of the molecule is CN(C(=O)c1c(C=O)cccc1OCC(=O)NCCCCN)C1CCC(=O)NC1=O. The number of aldehydes is 1. The van der Waals surface area contributed by atoms with Gasteiger partial charge in [0.25, 0.3) is 11.8 Å². The Morgan fingerprint density at radius 3 is 2.77 bits per heavy atom. The Balaban J connectivity index is 2.13. The summed E-state index contributed by atoms with van der Waals surface area (Å²) in [5.41, 5.74) is 5.43. The molecular weight excluding hydrogens is 392 g/mol. The van der Waals surface area contributed by atoms with Crippen molar-refractivity contribution < 1.29 is 28.7 Å². The van der Waals surface area contributed by atoms with Crippen LogP contribution in [-0.2, 0) is 14.4 Å². The van der Waals surface area contributed by atoms with Gasteiger partial charge in [-0.15, -0.1) is 0 Å². The van der Waals surface area contributed by atoms with Crippen molar-refractivity contribution in [2.24, 2.45) is 5.73 Å². The Hall–Kier alpha value is -3.27. The number of carbonyl (C=O) groups is 5. The van der Waals surface area contributed by atoms with Crippen LogP contribution in [0.5, 0.6) is 5.75 Å². The first-order valence-electron chi connectivity index (χ1n) is 9.67. The Bertz CT molecular complexity index is 826. The number of ether oxygens (including phenoxy) is 1. The summed E-state index contributed by atoms with van der Waals surface area (Å²) in [5, 5.41) is 4.88. The molecule has 1 aliphatic heterocycles. The zero-order chi connectivity index (χ0) is 22.1. The summed E-state index contributed by atoms with van der Waals surface area (Å²) in [6.07, 6.45) is 2.32. The third kappa shape index (κ3) is 5.86. The van der Waals surface area contributed by atoms with Gasteiger partial charge in [0.15, 0.2) is 12.9 Å². The average molecular weight is 418 g/mol. The Labute approximate surface area is 174 Å². The van der Waals surface area contributed by atoms with E-state index in [-0.39, 0.29) is 42.2 Å². The highest BCUT2D eigenvalue weighted by molar-refractivity contribution is 6.07. The van der Waals surface area contributed by atoms with E-state index < -0.39 is 23.8 Å². The van der Waals surface area contributed by atoms with E-state index in [1.54, 1.807) is 0 Å². The number of carbonyl (C=O) groups excluding carboxylic acids is 5. The number of unbranched alkanes of at least 4 members (excludes halogenated alkanes) is 1. The number of rotatable bonds is 10. The number of amides is 4. The monoisotopic (exact) mass is 418 g/mol. The molecule has 2 rings (SSSR count). The molecule has 0 spiro atoms. The first-order chi connectivity index (χ1) is 14.4. The molecule has 0 radical (unpaired) electrons. The highest BCUT2D eigenvalue weighted by Crippen LogP contribution is 2.25. The maximum atomic E-state index is 13.1. The molecular formula is C20H26N4O6. The van der Waals surface area contributed by atoms with Gasteiger partial charge in [0.2, 0.25) is 11.8 Å². The third-order valence-corrected chi connectivity index (χ3v) is 4.71. The molecule has 10 heteroatoms. The minimum atomic E-state index is -0.853. The van der Waals surface area contributed by atoms with Crippen LogP contribution in [0.3, 0.4) is 0 Å². The number of nitrogens with zero attached hydrogens (tertiary/aromatic N) is 1. The zero-order valence-electron chi connectivity index (χ0n) is 16.8. The van der Waals surface area contributed by atoms with Crippen LogP contribution in [0.25, 0.3) is 0 Å². The molecule has 1 atom stereocenters. The van der Waals surface area contributed by atoms with Crippen LogP contribution in [-0.4, -0.2) is 67.6 Å². The number of piperidine rings is 1. The van der Waals surface area contributed by atoms with E-state index in [2.05, 4.69) is 10.6 Å². The van der Waals surface area contributed by atoms with Crippen LogP contribution in [0.1, 0.15) is 46.4 Å². The predicted molar refractivity (Wildman–Crippen MR) is 107 cm³/mol. The molecule has 1 heterocycles. The van der Waals surface area contributed by atoms with Gasteiger partial charge in [0, 0.05) is 25.6 Å². The lowest BCUT2D eigenvalue weighted by Gasteiger charge is -2.30. The lowest BCUT2D eigenvalue weighted by Crippen LogP contribution is -2.53. The number of benzene rings is 1. The second-order valence-corrected chi connectivity index (χ2v) is 6.86. The first-order valence-corrected chi connectivity index (χ1v) is 9.67. The Kier molecular flexibility index (Phi) is 8.48. The molecule has 1 aliphatic rings. The topological polar surface area (TPSA) is 148 Å². The molecule has 1 saturated heterocycles. The fourth-order valence-corrected chi connectivity index (χ4v) is 3.06. The van der Waals surface area contributed by atoms with Crippen LogP contribution in [0.4, 0.5) is 0 Å². The van der Waals surface area contributed by atoms with Gasteiger partial charge >= 0.3 is 0 Å². The van der Waals surface area contributed by atoms with Crippen molar-refractivity contribution in [3.05, 3.63) is 29.3 Å². The molecule has 0 saturated carbocycles. The smallest absolute Gasteiger partial charge is 0.258 e. The van der Waals surface area contributed by atoms with E-state index in [0.717, 1.165) is 12.8 Å². The van der Waals surface area contributed by atoms with Crippen LogP contribution in [0.15, 0.2) is 18.2 Å². The molecule has 162 valence electrons. The van der Waals surface area contributed by atoms with Crippen molar-refractivity contribution in [3.8, 4) is 5.75 Å². The van der Waals surface area contributed by atoms with Crippen LogP contribution < -0.4 is 21.1 Å². The number of imide groups is 1. The van der Waals surface area contributed by atoms with Crippen molar-refractivity contribution >= 4 is 29.9 Å². The van der Waals surface area contributed by atoms with Gasteiger partial charge in [-0.1, -0.05) is 12.1 Å². The van der Waals surface area contributed by atoms with Gasteiger partial charge in [0.1, 0.15) is 11.8 Å². The largest absolute Gasteiger partial charge is 0.483 e. The molecule has 0 aliphatic carbocycles. The van der Waals surface area contributed by atoms with Gasteiger partial charge in [-0.3, -0.25) is 29.3 Å². The fraction of sp³-hybridized carbons (Fsp3) is 0.450. The standard InChI is InChI=1S/C20H26N4O6/c1-24(14-7-8-16(26)23-19(14)28)20(29)18-13(11-25)5-4-6-15(18)30-12-17(27)22-10-3-2-9-21/h4-6,11,14H,2-3,7-10,12,21H2,1H3,(H,22,27)(H,23,26,28). The molecule has 0 aromatic heterocycles. The molecule has 1 unspecified atom stereocenters. The zero-order valence-corrected chi connectivity index (χ0v) is 16.8. The maximum absolute atomic E-state index is 13.1. The van der Waals surface area contributed by atoms with Crippen LogP contribution in [0, 0.1) is 0 Å². The highest BCUT2D eigenvalue weighted by atomic mass is 16.5.